The highest BCUT2D eigenvalue weighted by molar-refractivity contribution is 5.84. The number of aliphatic hydroxyl groups is 2. The second-order valence-corrected chi connectivity index (χ2v) is 5.39. The smallest absolute Gasteiger partial charge is 0.262 e. The fourth-order valence-corrected chi connectivity index (χ4v) is 2.94. The fraction of sp³-hybridized carbons (Fsp3) is 0.667. The summed E-state index contributed by atoms with van der Waals surface area (Å²) in [5, 5.41) is 20.3. The number of hydrogen-bond acceptors (Lipinski definition) is 3. The van der Waals surface area contributed by atoms with Crippen LogP contribution in [0.15, 0.2) is 18.3 Å². The standard InChI is InChI=1S/C15H23NO3/c1-2-12-9-6-10-16(12)15(19)14(18)13(17)11-7-4-3-5-8-11/h6,9-11,13-14,17-18H,2-5,7-8H2,1H3/t13-,14+/m0/s1. The quantitative estimate of drug-likeness (QED) is 0.875. The number of aryl methyl sites for hydroxylation is 1. The molecule has 0 bridgehead atoms. The third kappa shape index (κ3) is 3.07. The van der Waals surface area contributed by atoms with E-state index in [1.807, 2.05) is 13.0 Å². The van der Waals surface area contributed by atoms with Crippen molar-refractivity contribution in [3.63, 3.8) is 0 Å². The summed E-state index contributed by atoms with van der Waals surface area (Å²) < 4.78 is 1.46. The maximum Gasteiger partial charge on any atom is 0.262 e. The van der Waals surface area contributed by atoms with Crippen molar-refractivity contribution in [1.82, 2.24) is 4.57 Å². The molecule has 106 valence electrons. The van der Waals surface area contributed by atoms with Gasteiger partial charge in [-0.3, -0.25) is 9.36 Å². The molecular formula is C15H23NO3. The van der Waals surface area contributed by atoms with Crippen molar-refractivity contribution in [1.29, 1.82) is 0 Å². The molecule has 1 heterocycles. The van der Waals surface area contributed by atoms with Crippen molar-refractivity contribution < 1.29 is 15.0 Å². The van der Waals surface area contributed by atoms with Gasteiger partial charge in [0.25, 0.3) is 5.91 Å². The second kappa shape index (κ2) is 6.35. The Morgan fingerprint density at radius 2 is 2.05 bits per heavy atom. The molecule has 1 aliphatic rings. The molecule has 0 aromatic carbocycles. The summed E-state index contributed by atoms with van der Waals surface area (Å²) in [6.07, 6.45) is 5.25. The van der Waals surface area contributed by atoms with E-state index in [9.17, 15) is 15.0 Å². The van der Waals surface area contributed by atoms with Crippen molar-refractivity contribution >= 4 is 5.91 Å². The molecule has 19 heavy (non-hydrogen) atoms. The molecule has 0 amide bonds. The fourth-order valence-electron chi connectivity index (χ4n) is 2.94. The van der Waals surface area contributed by atoms with Crippen LogP contribution < -0.4 is 0 Å². The van der Waals surface area contributed by atoms with Crippen LogP contribution in [0.2, 0.25) is 0 Å². The Morgan fingerprint density at radius 3 is 2.68 bits per heavy atom. The Morgan fingerprint density at radius 1 is 1.37 bits per heavy atom. The number of hydrogen-bond donors (Lipinski definition) is 2. The first-order valence-corrected chi connectivity index (χ1v) is 7.21. The van der Waals surface area contributed by atoms with Gasteiger partial charge in [0.15, 0.2) is 6.10 Å². The first kappa shape index (κ1) is 14.3. The zero-order valence-electron chi connectivity index (χ0n) is 11.5. The highest BCUT2D eigenvalue weighted by Gasteiger charge is 2.33. The minimum atomic E-state index is -1.32. The zero-order chi connectivity index (χ0) is 13.8. The number of rotatable bonds is 4. The van der Waals surface area contributed by atoms with Gasteiger partial charge >= 0.3 is 0 Å². The van der Waals surface area contributed by atoms with Crippen molar-refractivity contribution in [2.45, 2.75) is 57.7 Å². The molecule has 0 aliphatic heterocycles. The van der Waals surface area contributed by atoms with E-state index in [4.69, 9.17) is 0 Å². The van der Waals surface area contributed by atoms with E-state index in [-0.39, 0.29) is 5.92 Å². The maximum atomic E-state index is 12.2. The molecule has 4 heteroatoms. The third-order valence-electron chi connectivity index (χ3n) is 4.14. The molecule has 1 saturated carbocycles. The molecule has 4 nitrogen and oxygen atoms in total. The summed E-state index contributed by atoms with van der Waals surface area (Å²) in [5.74, 6) is -0.367. The first-order chi connectivity index (χ1) is 9.15. The summed E-state index contributed by atoms with van der Waals surface area (Å²) in [5.41, 5.74) is 0.861. The summed E-state index contributed by atoms with van der Waals surface area (Å²) in [7, 11) is 0. The predicted octanol–water partition coefficient (Wildman–Crippen LogP) is 1.99. The maximum absolute atomic E-state index is 12.2. The Balaban J connectivity index is 2.05. The molecule has 1 fully saturated rings. The lowest BCUT2D eigenvalue weighted by Crippen LogP contribution is -2.42. The van der Waals surface area contributed by atoms with Gasteiger partial charge in [-0.25, -0.2) is 0 Å². The van der Waals surface area contributed by atoms with E-state index in [0.29, 0.717) is 0 Å². The number of aliphatic hydroxyl groups excluding tert-OH is 2. The van der Waals surface area contributed by atoms with Crippen LogP contribution in [0.25, 0.3) is 0 Å². The summed E-state index contributed by atoms with van der Waals surface area (Å²) >= 11 is 0. The lowest BCUT2D eigenvalue weighted by atomic mass is 9.83. The van der Waals surface area contributed by atoms with E-state index in [1.54, 1.807) is 12.3 Å². The normalized spacial score (nSPS) is 20.2. The Labute approximate surface area is 114 Å². The number of carbonyl (C=O) groups is 1. The average Bonchev–Trinajstić information content (AvgIpc) is 2.94. The van der Waals surface area contributed by atoms with Crippen LogP contribution in [0.3, 0.4) is 0 Å². The largest absolute Gasteiger partial charge is 0.390 e. The van der Waals surface area contributed by atoms with Gasteiger partial charge in [-0.15, -0.1) is 0 Å². The summed E-state index contributed by atoms with van der Waals surface area (Å²) in [6, 6.07) is 3.65. The Kier molecular flexibility index (Phi) is 4.77. The molecule has 0 spiro atoms. The Bertz CT molecular complexity index is 421. The van der Waals surface area contributed by atoms with E-state index in [0.717, 1.165) is 37.8 Å². The van der Waals surface area contributed by atoms with Gasteiger partial charge in [0.1, 0.15) is 0 Å². The average molecular weight is 265 g/mol. The van der Waals surface area contributed by atoms with Crippen LogP contribution in [0, 0.1) is 5.92 Å². The summed E-state index contributed by atoms with van der Waals surface area (Å²) in [6.45, 7) is 1.96. The van der Waals surface area contributed by atoms with E-state index in [1.165, 1.54) is 11.0 Å². The van der Waals surface area contributed by atoms with Crippen LogP contribution in [0.1, 0.15) is 49.5 Å². The molecule has 0 unspecified atom stereocenters. The van der Waals surface area contributed by atoms with E-state index >= 15 is 0 Å². The molecule has 2 rings (SSSR count). The van der Waals surface area contributed by atoms with Gasteiger partial charge in [0, 0.05) is 11.9 Å². The van der Waals surface area contributed by atoms with Crippen molar-refractivity contribution in [3.05, 3.63) is 24.0 Å². The van der Waals surface area contributed by atoms with Gasteiger partial charge in [-0.2, -0.15) is 0 Å². The predicted molar refractivity (Wildman–Crippen MR) is 73.0 cm³/mol. The topological polar surface area (TPSA) is 62.5 Å². The second-order valence-electron chi connectivity index (χ2n) is 5.39. The van der Waals surface area contributed by atoms with Gasteiger partial charge < -0.3 is 10.2 Å². The minimum Gasteiger partial charge on any atom is -0.390 e. The SMILES string of the molecule is CCc1cccn1C(=O)[C@H](O)[C@@H](O)C1CCCCC1. The van der Waals surface area contributed by atoms with Crippen LogP contribution in [0.5, 0.6) is 0 Å². The lowest BCUT2D eigenvalue weighted by molar-refractivity contribution is -0.0202. The van der Waals surface area contributed by atoms with Crippen molar-refractivity contribution in [3.8, 4) is 0 Å². The summed E-state index contributed by atoms with van der Waals surface area (Å²) in [4.78, 5) is 12.2. The van der Waals surface area contributed by atoms with Gasteiger partial charge in [0.2, 0.25) is 0 Å². The molecule has 1 aromatic heterocycles. The number of aromatic nitrogens is 1. The molecule has 1 aromatic rings. The highest BCUT2D eigenvalue weighted by atomic mass is 16.3. The van der Waals surface area contributed by atoms with Gasteiger partial charge in [-0.05, 0) is 37.3 Å². The van der Waals surface area contributed by atoms with Crippen molar-refractivity contribution in [2.75, 3.05) is 0 Å². The van der Waals surface area contributed by atoms with E-state index in [2.05, 4.69) is 0 Å². The molecule has 0 radical (unpaired) electrons. The molecule has 1 aliphatic carbocycles. The minimum absolute atomic E-state index is 0.0494. The lowest BCUT2D eigenvalue weighted by Gasteiger charge is -2.29. The Hall–Kier alpha value is -1.13. The zero-order valence-corrected chi connectivity index (χ0v) is 11.5. The molecule has 0 saturated heterocycles. The molecular weight excluding hydrogens is 242 g/mol. The van der Waals surface area contributed by atoms with Gasteiger partial charge in [0.05, 0.1) is 6.10 Å². The van der Waals surface area contributed by atoms with Gasteiger partial charge in [-0.1, -0.05) is 26.2 Å². The molecule has 2 atom stereocenters. The van der Waals surface area contributed by atoms with Crippen LogP contribution in [-0.2, 0) is 6.42 Å². The number of nitrogens with zero attached hydrogens (tertiary/aromatic N) is 1. The highest BCUT2D eigenvalue weighted by Crippen LogP contribution is 2.28. The third-order valence-corrected chi connectivity index (χ3v) is 4.14. The van der Waals surface area contributed by atoms with Crippen LogP contribution in [-0.4, -0.2) is 32.9 Å². The van der Waals surface area contributed by atoms with Crippen molar-refractivity contribution in [2.24, 2.45) is 5.92 Å². The van der Waals surface area contributed by atoms with Crippen LogP contribution in [0.4, 0.5) is 0 Å². The van der Waals surface area contributed by atoms with Crippen LogP contribution >= 0.6 is 0 Å². The molecule has 2 N–H and O–H groups in total. The van der Waals surface area contributed by atoms with E-state index < -0.39 is 18.1 Å². The first-order valence-electron chi connectivity index (χ1n) is 7.21. The number of carbonyl (C=O) groups excluding carboxylic acids is 1. The monoisotopic (exact) mass is 265 g/mol.